The third-order valence-corrected chi connectivity index (χ3v) is 6.00. The Kier molecular flexibility index (Phi) is 5.16. The normalized spacial score (nSPS) is 15.8. The molecule has 4 heterocycles. The van der Waals surface area contributed by atoms with Crippen molar-refractivity contribution in [1.82, 2.24) is 24.2 Å². The number of hydrogen-bond acceptors (Lipinski definition) is 7. The first-order chi connectivity index (χ1) is 14.6. The molecule has 3 aromatic heterocycles. The van der Waals surface area contributed by atoms with Gasteiger partial charge in [-0.15, -0.1) is 11.3 Å². The van der Waals surface area contributed by atoms with Crippen LogP contribution in [0.15, 0.2) is 57.3 Å². The van der Waals surface area contributed by atoms with Crippen LogP contribution in [0.25, 0.3) is 16.3 Å². The molecule has 154 valence electrons. The first-order valence-electron chi connectivity index (χ1n) is 9.75. The molecule has 9 heteroatoms. The van der Waals surface area contributed by atoms with Crippen molar-refractivity contribution < 1.29 is 8.81 Å². The average molecular weight is 425 g/mol. The van der Waals surface area contributed by atoms with Crippen LogP contribution < -0.4 is 5.56 Å². The van der Waals surface area contributed by atoms with Crippen LogP contribution in [0, 0.1) is 5.82 Å². The highest BCUT2D eigenvalue weighted by atomic mass is 32.1. The standard InChI is InChI=1S/C21H20FN5O2S/c22-16-3-1-15(2-4-16)18-12-23-19(29-18)14-26-7-5-25(6-8-26)13-17-11-20(28)27-9-10-30-21(27)24-17/h1-4,9-12H,5-8,13-14H2. The number of fused-ring (bicyclic) bond motifs is 1. The molecule has 0 spiro atoms. The third-order valence-electron chi connectivity index (χ3n) is 5.25. The van der Waals surface area contributed by atoms with Crippen molar-refractivity contribution in [1.29, 1.82) is 0 Å². The Balaban J connectivity index is 1.17. The summed E-state index contributed by atoms with van der Waals surface area (Å²) in [6.07, 6.45) is 3.44. The fourth-order valence-electron chi connectivity index (χ4n) is 3.63. The largest absolute Gasteiger partial charge is 0.439 e. The van der Waals surface area contributed by atoms with E-state index in [1.165, 1.54) is 23.5 Å². The maximum Gasteiger partial charge on any atom is 0.258 e. The van der Waals surface area contributed by atoms with Gasteiger partial charge in [-0.05, 0) is 24.3 Å². The highest BCUT2D eigenvalue weighted by molar-refractivity contribution is 7.15. The molecule has 0 N–H and O–H groups in total. The zero-order valence-electron chi connectivity index (χ0n) is 16.2. The Labute approximate surface area is 176 Å². The molecule has 1 aliphatic heterocycles. The summed E-state index contributed by atoms with van der Waals surface area (Å²) in [4.78, 5) is 26.4. The van der Waals surface area contributed by atoms with Crippen molar-refractivity contribution in [3.8, 4) is 11.3 Å². The molecule has 1 saturated heterocycles. The number of benzene rings is 1. The van der Waals surface area contributed by atoms with E-state index >= 15 is 0 Å². The van der Waals surface area contributed by atoms with Gasteiger partial charge in [0.2, 0.25) is 5.89 Å². The predicted octanol–water partition coefficient (Wildman–Crippen LogP) is 2.87. The molecule has 30 heavy (non-hydrogen) atoms. The molecule has 0 aliphatic carbocycles. The lowest BCUT2D eigenvalue weighted by atomic mass is 10.2. The Morgan fingerprint density at radius 1 is 1.07 bits per heavy atom. The van der Waals surface area contributed by atoms with Crippen LogP contribution in [0.5, 0.6) is 0 Å². The van der Waals surface area contributed by atoms with Crippen LogP contribution in [0.3, 0.4) is 0 Å². The molecule has 0 radical (unpaired) electrons. The smallest absolute Gasteiger partial charge is 0.258 e. The molecule has 0 atom stereocenters. The van der Waals surface area contributed by atoms with Gasteiger partial charge in [-0.25, -0.2) is 14.4 Å². The van der Waals surface area contributed by atoms with Crippen molar-refractivity contribution in [3.05, 3.63) is 75.9 Å². The van der Waals surface area contributed by atoms with Crippen LogP contribution in [-0.4, -0.2) is 50.3 Å². The van der Waals surface area contributed by atoms with Crippen molar-refractivity contribution in [2.75, 3.05) is 26.2 Å². The Hall–Kier alpha value is -2.88. The predicted molar refractivity (Wildman–Crippen MR) is 112 cm³/mol. The lowest BCUT2D eigenvalue weighted by molar-refractivity contribution is 0.114. The minimum atomic E-state index is -0.271. The summed E-state index contributed by atoms with van der Waals surface area (Å²) in [6, 6.07) is 7.82. The van der Waals surface area contributed by atoms with Gasteiger partial charge in [0.15, 0.2) is 10.7 Å². The van der Waals surface area contributed by atoms with Crippen LogP contribution in [0.2, 0.25) is 0 Å². The molecule has 0 unspecified atom stereocenters. The number of aromatic nitrogens is 3. The molecular formula is C21H20FN5O2S. The van der Waals surface area contributed by atoms with Gasteiger partial charge in [-0.1, -0.05) is 0 Å². The van der Waals surface area contributed by atoms with Gasteiger partial charge in [-0.3, -0.25) is 19.0 Å². The van der Waals surface area contributed by atoms with Crippen LogP contribution in [0.1, 0.15) is 11.6 Å². The fourth-order valence-corrected chi connectivity index (χ4v) is 4.36. The van der Waals surface area contributed by atoms with Crippen LogP contribution in [-0.2, 0) is 13.1 Å². The van der Waals surface area contributed by atoms with E-state index in [1.807, 2.05) is 5.38 Å². The van der Waals surface area contributed by atoms with E-state index in [-0.39, 0.29) is 11.4 Å². The fraction of sp³-hybridized carbons (Fsp3) is 0.286. The average Bonchev–Trinajstić information content (AvgIpc) is 3.40. The summed E-state index contributed by atoms with van der Waals surface area (Å²) in [6.45, 7) is 4.85. The first-order valence-corrected chi connectivity index (χ1v) is 10.6. The number of thiazole rings is 1. The van der Waals surface area contributed by atoms with Gasteiger partial charge in [0.25, 0.3) is 5.56 Å². The summed E-state index contributed by atoms with van der Waals surface area (Å²) < 4.78 is 20.5. The Bertz CT molecular complexity index is 1210. The molecular weight excluding hydrogens is 405 g/mol. The van der Waals surface area contributed by atoms with E-state index in [2.05, 4.69) is 19.8 Å². The van der Waals surface area contributed by atoms with E-state index in [9.17, 15) is 9.18 Å². The second kappa shape index (κ2) is 8.10. The molecule has 1 fully saturated rings. The lowest BCUT2D eigenvalue weighted by Gasteiger charge is -2.33. The summed E-state index contributed by atoms with van der Waals surface area (Å²) in [7, 11) is 0. The van der Waals surface area contributed by atoms with Crippen molar-refractivity contribution in [2.45, 2.75) is 13.1 Å². The second-order valence-electron chi connectivity index (χ2n) is 7.32. The molecule has 7 nitrogen and oxygen atoms in total. The van der Waals surface area contributed by atoms with E-state index in [0.29, 0.717) is 24.7 Å². The molecule has 5 rings (SSSR count). The molecule has 0 saturated carbocycles. The molecule has 0 bridgehead atoms. The maximum absolute atomic E-state index is 13.1. The summed E-state index contributed by atoms with van der Waals surface area (Å²) >= 11 is 1.47. The third kappa shape index (κ3) is 4.04. The SMILES string of the molecule is O=c1cc(CN2CCN(Cc3ncc(-c4ccc(F)cc4)o3)CC2)nc2sccn12. The topological polar surface area (TPSA) is 66.9 Å². The Morgan fingerprint density at radius 2 is 1.80 bits per heavy atom. The number of hydrogen-bond donors (Lipinski definition) is 0. The number of oxazole rings is 1. The van der Waals surface area contributed by atoms with Gasteiger partial charge in [0.1, 0.15) is 5.82 Å². The van der Waals surface area contributed by atoms with Gasteiger partial charge < -0.3 is 4.42 Å². The molecule has 0 amide bonds. The number of halogens is 1. The highest BCUT2D eigenvalue weighted by Gasteiger charge is 2.20. The van der Waals surface area contributed by atoms with Crippen LogP contribution >= 0.6 is 11.3 Å². The van der Waals surface area contributed by atoms with Crippen molar-refractivity contribution in [2.24, 2.45) is 0 Å². The highest BCUT2D eigenvalue weighted by Crippen LogP contribution is 2.21. The first kappa shape index (κ1) is 19.1. The monoisotopic (exact) mass is 425 g/mol. The molecule has 1 aromatic carbocycles. The molecule has 4 aromatic rings. The zero-order chi connectivity index (χ0) is 20.5. The number of piperazine rings is 1. The van der Waals surface area contributed by atoms with E-state index in [4.69, 9.17) is 4.42 Å². The number of nitrogens with zero attached hydrogens (tertiary/aromatic N) is 5. The van der Waals surface area contributed by atoms with E-state index in [1.54, 1.807) is 35.0 Å². The Morgan fingerprint density at radius 3 is 2.57 bits per heavy atom. The van der Waals surface area contributed by atoms with Gasteiger partial charge in [-0.2, -0.15) is 0 Å². The summed E-state index contributed by atoms with van der Waals surface area (Å²) in [5, 5.41) is 1.87. The summed E-state index contributed by atoms with van der Waals surface area (Å²) in [5.74, 6) is 1.03. The van der Waals surface area contributed by atoms with E-state index < -0.39 is 0 Å². The minimum Gasteiger partial charge on any atom is -0.439 e. The van der Waals surface area contributed by atoms with Crippen LogP contribution in [0.4, 0.5) is 4.39 Å². The maximum atomic E-state index is 13.1. The van der Waals surface area contributed by atoms with Gasteiger partial charge >= 0.3 is 0 Å². The zero-order valence-corrected chi connectivity index (χ0v) is 17.0. The number of rotatable bonds is 5. The van der Waals surface area contributed by atoms with E-state index in [0.717, 1.165) is 42.4 Å². The minimum absolute atomic E-state index is 0.0317. The van der Waals surface area contributed by atoms with Crippen molar-refractivity contribution in [3.63, 3.8) is 0 Å². The summed E-state index contributed by atoms with van der Waals surface area (Å²) in [5.41, 5.74) is 1.59. The second-order valence-corrected chi connectivity index (χ2v) is 8.19. The van der Waals surface area contributed by atoms with Gasteiger partial charge in [0, 0.05) is 55.9 Å². The quantitative estimate of drug-likeness (QED) is 0.490. The lowest BCUT2D eigenvalue weighted by Crippen LogP contribution is -2.45. The molecule has 1 aliphatic rings. The van der Waals surface area contributed by atoms with Crippen molar-refractivity contribution >= 4 is 16.3 Å². The van der Waals surface area contributed by atoms with Gasteiger partial charge in [0.05, 0.1) is 18.4 Å².